The van der Waals surface area contributed by atoms with Crippen molar-refractivity contribution >= 4 is 28.8 Å². The van der Waals surface area contributed by atoms with Gasteiger partial charge in [-0.2, -0.15) is 0 Å². The van der Waals surface area contributed by atoms with Crippen LogP contribution >= 0.6 is 23.8 Å². The summed E-state index contributed by atoms with van der Waals surface area (Å²) < 4.78 is 12.1. The van der Waals surface area contributed by atoms with Crippen LogP contribution < -0.4 is 10.5 Å². The topological polar surface area (TPSA) is 44.5 Å². The first-order chi connectivity index (χ1) is 9.11. The molecule has 1 saturated heterocycles. The molecule has 0 spiro atoms. The van der Waals surface area contributed by atoms with Crippen molar-refractivity contribution in [2.24, 2.45) is 5.73 Å². The second kappa shape index (κ2) is 5.17. The molecule has 20 heavy (non-hydrogen) atoms. The van der Waals surface area contributed by atoms with Gasteiger partial charge in [-0.15, -0.1) is 0 Å². The zero-order valence-corrected chi connectivity index (χ0v) is 13.8. The fraction of sp³-hybridized carbons (Fsp3) is 0.533. The van der Waals surface area contributed by atoms with Gasteiger partial charge in [-0.3, -0.25) is 0 Å². The number of thiocarbonyl (C=S) groups is 1. The zero-order chi connectivity index (χ0) is 15.1. The molecule has 1 aromatic rings. The first kappa shape index (κ1) is 15.5. The Morgan fingerprint density at radius 2 is 2.05 bits per heavy atom. The van der Waals surface area contributed by atoms with E-state index in [1.165, 1.54) is 0 Å². The van der Waals surface area contributed by atoms with Gasteiger partial charge in [0.1, 0.15) is 22.4 Å². The molecule has 0 amide bonds. The quantitative estimate of drug-likeness (QED) is 0.864. The Morgan fingerprint density at radius 1 is 1.40 bits per heavy atom. The summed E-state index contributed by atoms with van der Waals surface area (Å²) in [6.45, 7) is 8.19. The third-order valence-electron chi connectivity index (χ3n) is 3.48. The van der Waals surface area contributed by atoms with E-state index in [4.69, 9.17) is 39.0 Å². The van der Waals surface area contributed by atoms with Gasteiger partial charge in [0.05, 0.1) is 10.6 Å². The molecule has 5 heteroatoms. The summed E-state index contributed by atoms with van der Waals surface area (Å²) in [7, 11) is 0. The Kier molecular flexibility index (Phi) is 4.02. The van der Waals surface area contributed by atoms with Crippen molar-refractivity contribution in [3.05, 3.63) is 28.8 Å². The van der Waals surface area contributed by atoms with Gasteiger partial charge in [0.25, 0.3) is 0 Å². The molecule has 3 nitrogen and oxygen atoms in total. The summed E-state index contributed by atoms with van der Waals surface area (Å²) in [5.74, 6) is 0.631. The minimum absolute atomic E-state index is 0.0503. The molecule has 1 aromatic carbocycles. The van der Waals surface area contributed by atoms with Crippen molar-refractivity contribution in [3.8, 4) is 5.75 Å². The van der Waals surface area contributed by atoms with Crippen molar-refractivity contribution in [1.29, 1.82) is 0 Å². The Morgan fingerprint density at radius 3 is 2.50 bits per heavy atom. The van der Waals surface area contributed by atoms with Crippen LogP contribution in [0.1, 0.15) is 39.7 Å². The molecule has 2 rings (SSSR count). The van der Waals surface area contributed by atoms with Crippen LogP contribution in [-0.2, 0) is 4.74 Å². The van der Waals surface area contributed by atoms with Crippen molar-refractivity contribution in [2.75, 3.05) is 0 Å². The molecule has 1 fully saturated rings. The summed E-state index contributed by atoms with van der Waals surface area (Å²) in [5.41, 5.74) is 5.78. The second-order valence-corrected chi connectivity index (χ2v) is 7.13. The van der Waals surface area contributed by atoms with Crippen molar-refractivity contribution in [1.82, 2.24) is 0 Å². The average Bonchev–Trinajstić information content (AvgIpc) is 2.49. The summed E-state index contributed by atoms with van der Waals surface area (Å²) >= 11 is 11.2. The summed E-state index contributed by atoms with van der Waals surface area (Å²) in [6, 6.07) is 5.35. The number of halogens is 1. The third-order valence-corrected chi connectivity index (χ3v) is 4.01. The van der Waals surface area contributed by atoms with Gasteiger partial charge in [0.2, 0.25) is 0 Å². The number of hydrogen-bond acceptors (Lipinski definition) is 3. The molecule has 1 aliphatic rings. The van der Waals surface area contributed by atoms with Gasteiger partial charge in [0, 0.05) is 12.0 Å². The Hall–Kier alpha value is -0.840. The van der Waals surface area contributed by atoms with Crippen LogP contribution in [0.2, 0.25) is 5.02 Å². The number of benzene rings is 1. The normalized spacial score (nSPS) is 23.6. The summed E-state index contributed by atoms with van der Waals surface area (Å²) in [5, 5.41) is 0.510. The number of rotatable bonds is 3. The van der Waals surface area contributed by atoms with E-state index >= 15 is 0 Å². The molecule has 1 heterocycles. The number of nitrogens with two attached hydrogens (primary N) is 1. The first-order valence-electron chi connectivity index (χ1n) is 6.57. The van der Waals surface area contributed by atoms with Crippen LogP contribution in [-0.4, -0.2) is 22.3 Å². The Balaban J connectivity index is 2.21. The molecule has 110 valence electrons. The maximum atomic E-state index is 6.24. The molecular formula is C15H20ClNO2S. The predicted molar refractivity (Wildman–Crippen MR) is 85.6 cm³/mol. The minimum atomic E-state index is -0.353. The molecule has 1 aliphatic heterocycles. The molecular weight excluding hydrogens is 294 g/mol. The average molecular weight is 314 g/mol. The second-order valence-electron chi connectivity index (χ2n) is 6.29. The van der Waals surface area contributed by atoms with E-state index in [1.807, 2.05) is 19.9 Å². The van der Waals surface area contributed by atoms with Gasteiger partial charge < -0.3 is 15.2 Å². The fourth-order valence-electron chi connectivity index (χ4n) is 2.60. The van der Waals surface area contributed by atoms with Crippen LogP contribution in [0.15, 0.2) is 18.2 Å². The highest BCUT2D eigenvalue weighted by Gasteiger charge is 2.47. The van der Waals surface area contributed by atoms with Crippen LogP contribution in [0.4, 0.5) is 0 Å². The maximum Gasteiger partial charge on any atom is 0.138 e. The van der Waals surface area contributed by atoms with Gasteiger partial charge in [0.15, 0.2) is 0 Å². The molecule has 0 radical (unpaired) electrons. The van der Waals surface area contributed by atoms with E-state index in [-0.39, 0.29) is 17.3 Å². The third kappa shape index (κ3) is 3.25. The monoisotopic (exact) mass is 313 g/mol. The van der Waals surface area contributed by atoms with Crippen LogP contribution in [0.5, 0.6) is 5.75 Å². The van der Waals surface area contributed by atoms with Gasteiger partial charge in [-0.05, 0) is 45.9 Å². The summed E-state index contributed by atoms with van der Waals surface area (Å²) in [6.07, 6.45) is 0.763. The lowest BCUT2D eigenvalue weighted by molar-refractivity contribution is -0.0845. The molecule has 0 saturated carbocycles. The maximum absolute atomic E-state index is 6.24. The lowest BCUT2D eigenvalue weighted by Gasteiger charge is -2.27. The van der Waals surface area contributed by atoms with Gasteiger partial charge in [-0.25, -0.2) is 0 Å². The first-order valence-corrected chi connectivity index (χ1v) is 7.35. The molecule has 0 aromatic heterocycles. The van der Waals surface area contributed by atoms with E-state index < -0.39 is 0 Å². The zero-order valence-electron chi connectivity index (χ0n) is 12.2. The van der Waals surface area contributed by atoms with Gasteiger partial charge in [-0.1, -0.05) is 23.8 Å². The SMILES string of the molecule is CC1(C)CC(Oc2ccc(C(N)=S)cc2Cl)C(C)(C)O1. The lowest BCUT2D eigenvalue weighted by Crippen LogP contribution is -2.36. The highest BCUT2D eigenvalue weighted by atomic mass is 35.5. The molecule has 0 bridgehead atoms. The smallest absolute Gasteiger partial charge is 0.138 e. The van der Waals surface area contributed by atoms with Crippen molar-refractivity contribution in [2.45, 2.75) is 51.4 Å². The Labute approximate surface area is 130 Å². The number of ether oxygens (including phenoxy) is 2. The largest absolute Gasteiger partial charge is 0.486 e. The van der Waals surface area contributed by atoms with E-state index in [2.05, 4.69) is 13.8 Å². The van der Waals surface area contributed by atoms with Crippen molar-refractivity contribution in [3.63, 3.8) is 0 Å². The molecule has 1 unspecified atom stereocenters. The van der Waals surface area contributed by atoms with Crippen LogP contribution in [0, 0.1) is 0 Å². The van der Waals surface area contributed by atoms with Crippen molar-refractivity contribution < 1.29 is 9.47 Å². The Bertz CT molecular complexity index is 543. The van der Waals surface area contributed by atoms with Crippen LogP contribution in [0.3, 0.4) is 0 Å². The molecule has 2 N–H and O–H groups in total. The summed E-state index contributed by atoms with van der Waals surface area (Å²) in [4.78, 5) is 0.323. The highest BCUT2D eigenvalue weighted by Crippen LogP contribution is 2.40. The fourth-order valence-corrected chi connectivity index (χ4v) is 2.95. The van der Waals surface area contributed by atoms with Crippen LogP contribution in [0.25, 0.3) is 0 Å². The molecule has 1 atom stereocenters. The molecule has 0 aliphatic carbocycles. The van der Waals surface area contributed by atoms with Gasteiger partial charge >= 0.3 is 0 Å². The lowest BCUT2D eigenvalue weighted by atomic mass is 9.97. The van der Waals surface area contributed by atoms with E-state index in [1.54, 1.807) is 12.1 Å². The van der Waals surface area contributed by atoms with E-state index in [0.717, 1.165) is 12.0 Å². The minimum Gasteiger partial charge on any atom is -0.486 e. The van der Waals surface area contributed by atoms with E-state index in [0.29, 0.717) is 15.8 Å². The van der Waals surface area contributed by atoms with E-state index in [9.17, 15) is 0 Å². The standard InChI is InChI=1S/C15H20ClNO2S/c1-14(2)8-12(15(3,4)19-14)18-11-6-5-9(13(17)20)7-10(11)16/h5-7,12H,8H2,1-4H3,(H2,17,20). The highest BCUT2D eigenvalue weighted by molar-refractivity contribution is 7.80. The predicted octanol–water partition coefficient (Wildman–Crippen LogP) is 3.70. The number of hydrogen-bond donors (Lipinski definition) is 1.